The molecule has 1 heterocycles. The zero-order valence-corrected chi connectivity index (χ0v) is 12.9. The second-order valence-electron chi connectivity index (χ2n) is 5.27. The van der Waals surface area contributed by atoms with Crippen molar-refractivity contribution in [3.8, 4) is 0 Å². The van der Waals surface area contributed by atoms with Crippen LogP contribution in [0.5, 0.6) is 0 Å². The number of benzene rings is 1. The van der Waals surface area contributed by atoms with Gasteiger partial charge in [0.05, 0.1) is 11.7 Å². The van der Waals surface area contributed by atoms with E-state index in [0.717, 1.165) is 0 Å². The van der Waals surface area contributed by atoms with E-state index in [2.05, 4.69) is 15.6 Å². The lowest BCUT2D eigenvalue weighted by molar-refractivity contribution is 0.229. The predicted molar refractivity (Wildman–Crippen MR) is 85.3 cm³/mol. The number of rotatable bonds is 6. The zero-order valence-electron chi connectivity index (χ0n) is 12.9. The monoisotopic (exact) mass is 317 g/mol. The summed E-state index contributed by atoms with van der Waals surface area (Å²) in [5.74, 6) is -0.376. The van der Waals surface area contributed by atoms with Gasteiger partial charge >= 0.3 is 6.03 Å². The number of carbonyl (C=O) groups is 1. The maximum atomic E-state index is 13.5. The number of nitrogens with zero attached hydrogens (tertiary/aromatic N) is 1. The maximum Gasteiger partial charge on any atom is 0.315 e. The summed E-state index contributed by atoms with van der Waals surface area (Å²) in [6.07, 6.45) is 2.08. The van der Waals surface area contributed by atoms with E-state index < -0.39 is 12.1 Å². The van der Waals surface area contributed by atoms with Gasteiger partial charge < -0.3 is 15.7 Å². The Labute approximate surface area is 134 Å². The SMILES string of the molecule is C[C@H](CCO)NC(=O)NC(c1cccc(F)c1)c1ccccn1. The second-order valence-corrected chi connectivity index (χ2v) is 5.27. The summed E-state index contributed by atoms with van der Waals surface area (Å²) in [6, 6.07) is 10.3. The molecule has 0 aliphatic heterocycles. The van der Waals surface area contributed by atoms with Crippen LogP contribution in [0.3, 0.4) is 0 Å². The number of carbonyl (C=O) groups excluding carboxylic acids is 1. The highest BCUT2D eigenvalue weighted by Gasteiger charge is 2.19. The molecule has 2 rings (SSSR count). The molecule has 3 N–H and O–H groups in total. The predicted octanol–water partition coefficient (Wildman–Crippen LogP) is 2.38. The average Bonchev–Trinajstić information content (AvgIpc) is 2.53. The molecule has 1 aromatic carbocycles. The van der Waals surface area contributed by atoms with Gasteiger partial charge in [-0.1, -0.05) is 18.2 Å². The first kappa shape index (κ1) is 16.9. The van der Waals surface area contributed by atoms with E-state index in [1.807, 2.05) is 6.07 Å². The highest BCUT2D eigenvalue weighted by Crippen LogP contribution is 2.20. The third kappa shape index (κ3) is 5.03. The standard InChI is InChI=1S/C17H20FN3O2/c1-12(8-10-22)20-17(23)21-16(15-7-2-3-9-19-15)13-5-4-6-14(18)11-13/h2-7,9,11-12,16,22H,8,10H2,1H3,(H2,20,21,23)/t12-,16?/m1/s1. The van der Waals surface area contributed by atoms with Crippen LogP contribution in [0, 0.1) is 5.82 Å². The van der Waals surface area contributed by atoms with Crippen molar-refractivity contribution < 1.29 is 14.3 Å². The summed E-state index contributed by atoms with van der Waals surface area (Å²) in [6.45, 7) is 1.79. The largest absolute Gasteiger partial charge is 0.396 e. The van der Waals surface area contributed by atoms with Gasteiger partial charge in [0.25, 0.3) is 0 Å². The molecule has 0 fully saturated rings. The Morgan fingerprint density at radius 2 is 2.09 bits per heavy atom. The second kappa shape index (κ2) is 8.24. The minimum atomic E-state index is -0.562. The molecule has 1 unspecified atom stereocenters. The minimum absolute atomic E-state index is 0.00495. The zero-order chi connectivity index (χ0) is 16.7. The van der Waals surface area contributed by atoms with E-state index in [1.54, 1.807) is 37.4 Å². The molecule has 0 bridgehead atoms. The Balaban J connectivity index is 2.19. The number of hydrogen-bond acceptors (Lipinski definition) is 3. The van der Waals surface area contributed by atoms with Crippen LogP contribution in [0.1, 0.15) is 30.6 Å². The summed E-state index contributed by atoms with van der Waals surface area (Å²) in [5, 5.41) is 14.4. The van der Waals surface area contributed by atoms with Crippen LogP contribution >= 0.6 is 0 Å². The molecule has 2 amide bonds. The van der Waals surface area contributed by atoms with Gasteiger partial charge in [0, 0.05) is 18.8 Å². The number of amides is 2. The third-order valence-electron chi connectivity index (χ3n) is 3.38. The molecule has 1 aromatic heterocycles. The summed E-state index contributed by atoms with van der Waals surface area (Å²) in [5.41, 5.74) is 1.22. The molecule has 6 heteroatoms. The van der Waals surface area contributed by atoms with Crippen molar-refractivity contribution in [2.24, 2.45) is 0 Å². The summed E-state index contributed by atoms with van der Waals surface area (Å²) >= 11 is 0. The fourth-order valence-electron chi connectivity index (χ4n) is 2.22. The molecule has 23 heavy (non-hydrogen) atoms. The minimum Gasteiger partial charge on any atom is -0.396 e. The van der Waals surface area contributed by atoms with Crippen LogP contribution in [0.2, 0.25) is 0 Å². The lowest BCUT2D eigenvalue weighted by atomic mass is 10.0. The quantitative estimate of drug-likeness (QED) is 0.766. The van der Waals surface area contributed by atoms with Crippen LogP contribution < -0.4 is 10.6 Å². The fraction of sp³-hybridized carbons (Fsp3) is 0.294. The Morgan fingerprint density at radius 3 is 2.74 bits per heavy atom. The molecule has 0 spiro atoms. The van der Waals surface area contributed by atoms with Crippen LogP contribution in [0.15, 0.2) is 48.7 Å². The molecule has 2 atom stereocenters. The highest BCUT2D eigenvalue weighted by atomic mass is 19.1. The number of aliphatic hydroxyl groups is 1. The van der Waals surface area contributed by atoms with E-state index in [0.29, 0.717) is 17.7 Å². The van der Waals surface area contributed by atoms with Gasteiger partial charge in [0.1, 0.15) is 5.82 Å². The molecule has 5 nitrogen and oxygen atoms in total. The lowest BCUT2D eigenvalue weighted by Gasteiger charge is -2.21. The maximum absolute atomic E-state index is 13.5. The Morgan fingerprint density at radius 1 is 1.26 bits per heavy atom. The van der Waals surface area contributed by atoms with E-state index in [4.69, 9.17) is 5.11 Å². The normalized spacial score (nSPS) is 13.2. The number of nitrogens with one attached hydrogen (secondary N) is 2. The summed E-state index contributed by atoms with van der Waals surface area (Å²) in [4.78, 5) is 16.4. The van der Waals surface area contributed by atoms with Crippen molar-refractivity contribution in [3.05, 3.63) is 65.7 Å². The summed E-state index contributed by atoms with van der Waals surface area (Å²) in [7, 11) is 0. The Kier molecular flexibility index (Phi) is 6.05. The van der Waals surface area contributed by atoms with Crippen LogP contribution in [0.25, 0.3) is 0 Å². The van der Waals surface area contributed by atoms with Gasteiger partial charge in [-0.05, 0) is 43.2 Å². The van der Waals surface area contributed by atoms with E-state index >= 15 is 0 Å². The molecule has 0 radical (unpaired) electrons. The van der Waals surface area contributed by atoms with E-state index in [1.165, 1.54) is 12.1 Å². The molecule has 2 aromatic rings. The molecular formula is C17H20FN3O2. The van der Waals surface area contributed by atoms with Crippen molar-refractivity contribution >= 4 is 6.03 Å². The number of aliphatic hydroxyl groups excluding tert-OH is 1. The van der Waals surface area contributed by atoms with Gasteiger partial charge in [-0.15, -0.1) is 0 Å². The topological polar surface area (TPSA) is 74.2 Å². The third-order valence-corrected chi connectivity index (χ3v) is 3.38. The lowest BCUT2D eigenvalue weighted by Crippen LogP contribution is -2.43. The fourth-order valence-corrected chi connectivity index (χ4v) is 2.22. The van der Waals surface area contributed by atoms with Crippen molar-refractivity contribution in [2.75, 3.05) is 6.61 Å². The number of pyridine rings is 1. The van der Waals surface area contributed by atoms with Gasteiger partial charge in [0.2, 0.25) is 0 Å². The van der Waals surface area contributed by atoms with Gasteiger partial charge in [-0.25, -0.2) is 9.18 Å². The first-order valence-electron chi connectivity index (χ1n) is 7.44. The number of urea groups is 1. The first-order valence-corrected chi connectivity index (χ1v) is 7.44. The number of hydrogen-bond donors (Lipinski definition) is 3. The molecular weight excluding hydrogens is 297 g/mol. The van der Waals surface area contributed by atoms with Crippen molar-refractivity contribution in [1.82, 2.24) is 15.6 Å². The first-order chi connectivity index (χ1) is 11.1. The average molecular weight is 317 g/mol. The Bertz CT molecular complexity index is 637. The molecule has 0 saturated heterocycles. The molecule has 0 aliphatic rings. The summed E-state index contributed by atoms with van der Waals surface area (Å²) < 4.78 is 13.5. The van der Waals surface area contributed by atoms with Crippen molar-refractivity contribution in [2.45, 2.75) is 25.4 Å². The van der Waals surface area contributed by atoms with Crippen LogP contribution in [-0.4, -0.2) is 28.8 Å². The smallest absolute Gasteiger partial charge is 0.315 e. The number of halogens is 1. The number of aromatic nitrogens is 1. The van der Waals surface area contributed by atoms with E-state index in [9.17, 15) is 9.18 Å². The van der Waals surface area contributed by atoms with Crippen molar-refractivity contribution in [1.29, 1.82) is 0 Å². The van der Waals surface area contributed by atoms with Gasteiger partial charge in [0.15, 0.2) is 0 Å². The molecule has 122 valence electrons. The van der Waals surface area contributed by atoms with Gasteiger partial charge in [-0.3, -0.25) is 4.98 Å². The van der Waals surface area contributed by atoms with Crippen LogP contribution in [-0.2, 0) is 0 Å². The van der Waals surface area contributed by atoms with Gasteiger partial charge in [-0.2, -0.15) is 0 Å². The van der Waals surface area contributed by atoms with E-state index in [-0.39, 0.29) is 18.5 Å². The van der Waals surface area contributed by atoms with Crippen molar-refractivity contribution in [3.63, 3.8) is 0 Å². The molecule has 0 aliphatic carbocycles. The highest BCUT2D eigenvalue weighted by molar-refractivity contribution is 5.75. The van der Waals surface area contributed by atoms with Crippen LogP contribution in [0.4, 0.5) is 9.18 Å². The Hall–Kier alpha value is -2.47. The molecule has 0 saturated carbocycles.